The Morgan fingerprint density at radius 2 is 1.36 bits per heavy atom. The second-order valence-corrected chi connectivity index (χ2v) is 8.45. The number of unbranched alkanes of at least 4 members (excludes halogenated alkanes) is 2. The third kappa shape index (κ3) is 6.20. The molecular weight excluding hydrogens is 418 g/mol. The number of alkyl halides is 2. The van der Waals surface area contributed by atoms with Gasteiger partial charge in [-0.25, -0.2) is 0 Å². The minimum absolute atomic E-state index is 0.00447. The fraction of sp³-hybridized carbons (Fsp3) is 0.379. The van der Waals surface area contributed by atoms with Crippen molar-refractivity contribution in [1.29, 1.82) is 0 Å². The molecule has 3 aromatic rings. The van der Waals surface area contributed by atoms with Crippen LogP contribution < -0.4 is 4.74 Å². The normalized spacial score (nSPS) is 11.6. The van der Waals surface area contributed by atoms with E-state index in [2.05, 4.69) is 13.8 Å². The zero-order chi connectivity index (χ0) is 23.8. The number of benzene rings is 3. The lowest BCUT2D eigenvalue weighted by Gasteiger charge is -2.20. The molecule has 4 heteroatoms. The predicted octanol–water partition coefficient (Wildman–Crippen LogP) is 7.83. The van der Waals surface area contributed by atoms with Gasteiger partial charge in [-0.15, -0.1) is 0 Å². The van der Waals surface area contributed by atoms with Crippen molar-refractivity contribution in [3.63, 3.8) is 0 Å². The van der Waals surface area contributed by atoms with Gasteiger partial charge in [0.1, 0.15) is 5.75 Å². The molecule has 0 fully saturated rings. The van der Waals surface area contributed by atoms with Gasteiger partial charge in [0, 0.05) is 0 Å². The summed E-state index contributed by atoms with van der Waals surface area (Å²) in [6.07, 6.45) is 2.34. The van der Waals surface area contributed by atoms with Crippen LogP contribution >= 0.6 is 0 Å². The van der Waals surface area contributed by atoms with E-state index in [1.165, 1.54) is 12.1 Å². The Balaban J connectivity index is 1.82. The third-order valence-corrected chi connectivity index (χ3v) is 6.09. The Hall–Kier alpha value is -2.72. The summed E-state index contributed by atoms with van der Waals surface area (Å²) in [5.74, 6) is 0.151. The van der Waals surface area contributed by atoms with Crippen LogP contribution in [0.2, 0.25) is 0 Å². The van der Waals surface area contributed by atoms with Crippen molar-refractivity contribution in [2.45, 2.75) is 72.0 Å². The summed E-state index contributed by atoms with van der Waals surface area (Å²) in [7, 11) is 0. The lowest BCUT2D eigenvalue weighted by Crippen LogP contribution is -2.22. The van der Waals surface area contributed by atoms with E-state index in [-0.39, 0.29) is 17.9 Å². The molecule has 0 aliphatic rings. The maximum atomic E-state index is 14.9. The van der Waals surface area contributed by atoms with Gasteiger partial charge in [0.25, 0.3) is 0 Å². The molecule has 2 nitrogen and oxygen atoms in total. The third-order valence-electron chi connectivity index (χ3n) is 6.09. The van der Waals surface area contributed by atoms with Crippen LogP contribution in [0.15, 0.2) is 60.7 Å². The number of rotatable bonds is 11. The van der Waals surface area contributed by atoms with Crippen LogP contribution in [0.3, 0.4) is 0 Å². The molecule has 0 saturated carbocycles. The van der Waals surface area contributed by atoms with Gasteiger partial charge in [0.2, 0.25) is 0 Å². The zero-order valence-corrected chi connectivity index (χ0v) is 19.8. The monoisotopic (exact) mass is 452 g/mol. The van der Waals surface area contributed by atoms with Gasteiger partial charge in [0.05, 0.1) is 12.2 Å². The molecule has 0 unspecified atom stereocenters. The van der Waals surface area contributed by atoms with Crippen molar-refractivity contribution >= 4 is 0 Å². The van der Waals surface area contributed by atoms with Gasteiger partial charge < -0.3 is 9.84 Å². The van der Waals surface area contributed by atoms with E-state index in [1.807, 2.05) is 31.2 Å². The van der Waals surface area contributed by atoms with Crippen molar-refractivity contribution in [2.24, 2.45) is 0 Å². The molecule has 0 bridgehead atoms. The van der Waals surface area contributed by atoms with Crippen molar-refractivity contribution in [3.8, 4) is 16.9 Å². The summed E-state index contributed by atoms with van der Waals surface area (Å²) in [5.41, 5.74) is 5.92. The topological polar surface area (TPSA) is 29.5 Å². The van der Waals surface area contributed by atoms with E-state index in [0.29, 0.717) is 6.42 Å². The van der Waals surface area contributed by atoms with Crippen molar-refractivity contribution in [2.75, 3.05) is 0 Å². The van der Waals surface area contributed by atoms with Gasteiger partial charge in [-0.2, -0.15) is 8.78 Å². The number of halogens is 2. The van der Waals surface area contributed by atoms with Crippen LogP contribution in [0.4, 0.5) is 8.78 Å². The molecule has 33 heavy (non-hydrogen) atoms. The zero-order valence-electron chi connectivity index (χ0n) is 19.8. The first-order valence-corrected chi connectivity index (χ1v) is 11.9. The fourth-order valence-electron chi connectivity index (χ4n) is 4.14. The van der Waals surface area contributed by atoms with Gasteiger partial charge in [-0.3, -0.25) is 0 Å². The first kappa shape index (κ1) is 24.9. The number of aryl methyl sites for hydroxylation is 3. The lowest BCUT2D eigenvalue weighted by atomic mass is 9.92. The second kappa shape index (κ2) is 11.4. The maximum Gasteiger partial charge on any atom is 0.426 e. The molecule has 3 aromatic carbocycles. The van der Waals surface area contributed by atoms with Gasteiger partial charge >= 0.3 is 6.11 Å². The summed E-state index contributed by atoms with van der Waals surface area (Å²) >= 11 is 0. The van der Waals surface area contributed by atoms with Gasteiger partial charge in [0.15, 0.2) is 0 Å². The van der Waals surface area contributed by atoms with Crippen LogP contribution in [-0.2, 0) is 32.0 Å². The molecule has 0 radical (unpaired) electrons. The minimum atomic E-state index is -3.41. The van der Waals surface area contributed by atoms with E-state index >= 15 is 0 Å². The first-order chi connectivity index (χ1) is 15.9. The minimum Gasteiger partial charge on any atom is -0.429 e. The van der Waals surface area contributed by atoms with Gasteiger partial charge in [-0.05, 0) is 83.3 Å². The predicted molar refractivity (Wildman–Crippen MR) is 131 cm³/mol. The highest BCUT2D eigenvalue weighted by Crippen LogP contribution is 2.36. The number of hydrogen-bond donors (Lipinski definition) is 1. The van der Waals surface area contributed by atoms with Crippen LogP contribution in [0.1, 0.15) is 67.9 Å². The first-order valence-electron chi connectivity index (χ1n) is 11.9. The maximum absolute atomic E-state index is 14.9. The van der Waals surface area contributed by atoms with Gasteiger partial charge in [-0.1, -0.05) is 70.0 Å². The fourth-order valence-corrected chi connectivity index (χ4v) is 4.14. The largest absolute Gasteiger partial charge is 0.429 e. The van der Waals surface area contributed by atoms with Crippen molar-refractivity contribution < 1.29 is 18.6 Å². The molecule has 1 N–H and O–H groups in total. The molecule has 0 aliphatic carbocycles. The molecule has 3 rings (SSSR count). The Labute approximate surface area is 196 Å². The molecule has 0 saturated heterocycles. The molecule has 0 aliphatic heterocycles. The molecule has 0 aromatic heterocycles. The molecule has 176 valence electrons. The van der Waals surface area contributed by atoms with E-state index in [9.17, 15) is 13.9 Å². The summed E-state index contributed by atoms with van der Waals surface area (Å²) in [6, 6.07) is 17.5. The van der Waals surface area contributed by atoms with E-state index in [1.54, 1.807) is 24.3 Å². The molecular formula is C29H34F2O2. The quantitative estimate of drug-likeness (QED) is 0.300. The number of hydrogen-bond acceptors (Lipinski definition) is 2. The average Bonchev–Trinajstić information content (AvgIpc) is 2.84. The van der Waals surface area contributed by atoms with Crippen molar-refractivity contribution in [3.05, 3.63) is 88.5 Å². The lowest BCUT2D eigenvalue weighted by molar-refractivity contribution is -0.185. The Bertz CT molecular complexity index is 1040. The molecule has 0 amide bonds. The van der Waals surface area contributed by atoms with Crippen LogP contribution in [0, 0.1) is 0 Å². The number of aliphatic hydroxyl groups is 1. The Morgan fingerprint density at radius 3 is 1.97 bits per heavy atom. The van der Waals surface area contributed by atoms with Crippen molar-refractivity contribution in [1.82, 2.24) is 0 Å². The standard InChI is InChI=1S/C29H34F2O2/c1-4-7-8-9-21-10-13-25(14-11-21)29(30,31)33-26-15-17-28(24(6-3)19-26)27-16-12-22(20-32)18-23(27)5-2/h10-19,32H,4-9,20H2,1-3H3. The Kier molecular flexibility index (Phi) is 8.62. The summed E-state index contributed by atoms with van der Waals surface area (Å²) < 4.78 is 35.0. The summed E-state index contributed by atoms with van der Waals surface area (Å²) in [6.45, 7) is 6.22. The summed E-state index contributed by atoms with van der Waals surface area (Å²) in [4.78, 5) is 0. The molecule has 0 heterocycles. The average molecular weight is 453 g/mol. The highest BCUT2D eigenvalue weighted by atomic mass is 19.3. The SMILES string of the molecule is CCCCCc1ccc(C(F)(F)Oc2ccc(-c3ccc(CO)cc3CC)c(CC)c2)cc1. The summed E-state index contributed by atoms with van der Waals surface area (Å²) in [5, 5.41) is 9.43. The highest BCUT2D eigenvalue weighted by Gasteiger charge is 2.34. The number of ether oxygens (including phenoxy) is 1. The Morgan fingerprint density at radius 1 is 0.758 bits per heavy atom. The molecule has 0 spiro atoms. The van der Waals surface area contributed by atoms with Crippen LogP contribution in [0.5, 0.6) is 5.75 Å². The van der Waals surface area contributed by atoms with E-state index in [0.717, 1.165) is 65.5 Å². The smallest absolute Gasteiger partial charge is 0.426 e. The highest BCUT2D eigenvalue weighted by molar-refractivity contribution is 5.72. The second-order valence-electron chi connectivity index (χ2n) is 8.45. The molecule has 0 atom stereocenters. The van der Waals surface area contributed by atoms with Crippen LogP contribution in [-0.4, -0.2) is 5.11 Å². The van der Waals surface area contributed by atoms with E-state index < -0.39 is 6.11 Å². The van der Waals surface area contributed by atoms with E-state index in [4.69, 9.17) is 4.74 Å². The number of aliphatic hydroxyl groups excluding tert-OH is 1. The van der Waals surface area contributed by atoms with Crippen LogP contribution in [0.25, 0.3) is 11.1 Å².